The van der Waals surface area contributed by atoms with Gasteiger partial charge in [0.1, 0.15) is 0 Å². The van der Waals surface area contributed by atoms with Crippen molar-refractivity contribution in [2.75, 3.05) is 6.79 Å². The Morgan fingerprint density at radius 1 is 1.17 bits per heavy atom. The molecule has 1 aliphatic rings. The van der Waals surface area contributed by atoms with Gasteiger partial charge >= 0.3 is 35.5 Å². The first kappa shape index (κ1) is 18.3. The molecule has 0 spiro atoms. The zero-order valence-corrected chi connectivity index (χ0v) is 15.1. The maximum absolute atomic E-state index is 12.1. The van der Waals surface area contributed by atoms with Crippen molar-refractivity contribution in [3.05, 3.63) is 59.7 Å². The van der Waals surface area contributed by atoms with Crippen molar-refractivity contribution in [3.63, 3.8) is 0 Å². The Morgan fingerprint density at radius 2 is 1.88 bits per heavy atom. The minimum absolute atomic E-state index is 0. The van der Waals surface area contributed by atoms with E-state index in [-0.39, 0.29) is 42.8 Å². The summed E-state index contributed by atoms with van der Waals surface area (Å²) in [5.41, 5.74) is 1.08. The molecule has 0 aromatic heterocycles. The van der Waals surface area contributed by atoms with Gasteiger partial charge in [0.25, 0.3) is 0 Å². The second-order valence-corrected chi connectivity index (χ2v) is 5.05. The normalized spacial score (nSPS) is 13.9. The van der Waals surface area contributed by atoms with E-state index in [2.05, 4.69) is 4.99 Å². The van der Waals surface area contributed by atoms with E-state index in [1.807, 2.05) is 0 Å². The molecule has 24 heavy (non-hydrogen) atoms. The average Bonchev–Trinajstić information content (AvgIpc) is 3.02. The molecular formula is C17H14NNaO5. The van der Waals surface area contributed by atoms with E-state index in [0.717, 1.165) is 0 Å². The molecule has 1 heterocycles. The molecule has 3 rings (SSSR count). The van der Waals surface area contributed by atoms with Crippen LogP contribution < -0.4 is 44.1 Å². The van der Waals surface area contributed by atoms with Crippen LogP contribution in [0.15, 0.2) is 53.5 Å². The minimum Gasteiger partial charge on any atom is -0.858 e. The Bertz CT molecular complexity index is 748. The van der Waals surface area contributed by atoms with E-state index in [4.69, 9.17) is 9.47 Å². The molecule has 1 aliphatic heterocycles. The second kappa shape index (κ2) is 8.19. The molecule has 0 aliphatic carbocycles. The molecule has 7 heteroatoms. The molecule has 6 nitrogen and oxygen atoms in total. The Kier molecular flexibility index (Phi) is 6.25. The van der Waals surface area contributed by atoms with Crippen LogP contribution in [0.25, 0.3) is 0 Å². The van der Waals surface area contributed by atoms with Crippen molar-refractivity contribution in [2.45, 2.75) is 12.5 Å². The van der Waals surface area contributed by atoms with Crippen molar-refractivity contribution in [3.8, 4) is 11.5 Å². The monoisotopic (exact) mass is 335 g/mol. The molecule has 0 saturated heterocycles. The van der Waals surface area contributed by atoms with Gasteiger partial charge in [-0.2, -0.15) is 0 Å². The first-order valence-corrected chi connectivity index (χ1v) is 7.05. The molecule has 0 radical (unpaired) electrons. The predicted molar refractivity (Wildman–Crippen MR) is 80.7 cm³/mol. The third kappa shape index (κ3) is 4.29. The molecule has 2 aromatic rings. The molecular weight excluding hydrogens is 321 g/mol. The number of aliphatic carboxylic acids is 1. The van der Waals surface area contributed by atoms with Crippen molar-refractivity contribution in [1.82, 2.24) is 0 Å². The Hall–Kier alpha value is -2.02. The maximum atomic E-state index is 12.1. The smallest absolute Gasteiger partial charge is 0.858 e. The van der Waals surface area contributed by atoms with Crippen molar-refractivity contribution < 1.29 is 54.0 Å². The summed E-state index contributed by atoms with van der Waals surface area (Å²) in [6.07, 6.45) is 0.102. The summed E-state index contributed by atoms with van der Waals surface area (Å²) in [4.78, 5) is 15.2. The summed E-state index contributed by atoms with van der Waals surface area (Å²) in [6, 6.07) is 12.4. The average molecular weight is 335 g/mol. The van der Waals surface area contributed by atoms with Crippen LogP contribution in [0, 0.1) is 0 Å². The van der Waals surface area contributed by atoms with E-state index in [1.54, 1.807) is 48.5 Å². The fourth-order valence-corrected chi connectivity index (χ4v) is 2.28. The summed E-state index contributed by atoms with van der Waals surface area (Å²) in [5, 5.41) is 21.4. The van der Waals surface area contributed by atoms with E-state index >= 15 is 0 Å². The molecule has 0 fully saturated rings. The summed E-state index contributed by atoms with van der Waals surface area (Å²) in [7, 11) is 0. The quantitative estimate of drug-likeness (QED) is 0.396. The van der Waals surface area contributed by atoms with Gasteiger partial charge in [0.15, 0.2) is 17.5 Å². The van der Waals surface area contributed by atoms with Gasteiger partial charge < -0.3 is 19.7 Å². The minimum atomic E-state index is -1.15. The van der Waals surface area contributed by atoms with Crippen LogP contribution in [-0.2, 0) is 11.2 Å². The SMILES string of the molecule is O=C(O)C(Cc1ccc2c(c1)OCO2)N=C([O-])c1ccccc1.[Na+]. The zero-order valence-electron chi connectivity index (χ0n) is 13.1. The van der Waals surface area contributed by atoms with Crippen molar-refractivity contribution in [1.29, 1.82) is 0 Å². The van der Waals surface area contributed by atoms with Crippen molar-refractivity contribution >= 4 is 11.9 Å². The number of fused-ring (bicyclic) bond motifs is 1. The summed E-state index contributed by atoms with van der Waals surface area (Å²) in [6.45, 7) is 0.151. The second-order valence-electron chi connectivity index (χ2n) is 5.05. The predicted octanol–water partition coefficient (Wildman–Crippen LogP) is -1.78. The summed E-state index contributed by atoms with van der Waals surface area (Å²) < 4.78 is 10.5. The molecule has 1 unspecified atom stereocenters. The van der Waals surface area contributed by atoms with Crippen LogP contribution in [0.5, 0.6) is 11.5 Å². The Balaban J connectivity index is 0.00000208. The maximum Gasteiger partial charge on any atom is 1.00 e. The molecule has 1 N–H and O–H groups in total. The first-order valence-electron chi connectivity index (χ1n) is 7.05. The molecule has 0 bridgehead atoms. The van der Waals surface area contributed by atoms with E-state index in [9.17, 15) is 15.0 Å². The fourth-order valence-electron chi connectivity index (χ4n) is 2.28. The molecule has 0 amide bonds. The van der Waals surface area contributed by atoms with Gasteiger partial charge in [0, 0.05) is 6.42 Å². The third-order valence-electron chi connectivity index (χ3n) is 3.44. The number of aliphatic imine (C=N–C) groups is 1. The van der Waals surface area contributed by atoms with E-state index in [1.165, 1.54) is 0 Å². The van der Waals surface area contributed by atoms with Gasteiger partial charge in [-0.25, -0.2) is 4.79 Å². The van der Waals surface area contributed by atoms with Gasteiger partial charge in [-0.15, -0.1) is 0 Å². The number of carboxylic acid groups (broad SMARTS) is 1. The standard InChI is InChI=1S/C17H15NO5.Na/c19-16(12-4-2-1-3-5-12)18-13(17(20)21)8-11-6-7-14-15(9-11)23-10-22-14;/h1-7,9,13H,8,10H2,(H,18,19)(H,20,21);/q;+1/p-1. The largest absolute Gasteiger partial charge is 1.00 e. The Morgan fingerprint density at radius 3 is 2.58 bits per heavy atom. The van der Waals surface area contributed by atoms with E-state index < -0.39 is 17.9 Å². The number of carboxylic acids is 1. The van der Waals surface area contributed by atoms with Gasteiger partial charge in [0.2, 0.25) is 6.79 Å². The van der Waals surface area contributed by atoms with Gasteiger partial charge in [-0.1, -0.05) is 36.4 Å². The number of nitrogens with zero attached hydrogens (tertiary/aromatic N) is 1. The number of rotatable bonds is 5. The molecule has 118 valence electrons. The number of benzene rings is 2. The molecule has 0 saturated carbocycles. The number of hydrogen-bond acceptors (Lipinski definition) is 5. The topological polar surface area (TPSA) is 91.2 Å². The van der Waals surface area contributed by atoms with Crippen LogP contribution in [0.1, 0.15) is 11.1 Å². The van der Waals surface area contributed by atoms with Crippen LogP contribution >= 0.6 is 0 Å². The number of ether oxygens (including phenoxy) is 2. The molecule has 1 atom stereocenters. The summed E-state index contributed by atoms with van der Waals surface area (Å²) >= 11 is 0. The Labute approximate surface area is 161 Å². The van der Waals surface area contributed by atoms with Crippen LogP contribution in [0.2, 0.25) is 0 Å². The van der Waals surface area contributed by atoms with Crippen LogP contribution in [0.4, 0.5) is 0 Å². The fraction of sp³-hybridized carbons (Fsp3) is 0.176. The van der Waals surface area contributed by atoms with E-state index in [0.29, 0.717) is 22.6 Å². The van der Waals surface area contributed by atoms with Gasteiger partial charge in [0.05, 0.1) is 0 Å². The summed E-state index contributed by atoms with van der Waals surface area (Å²) in [5.74, 6) is -0.496. The zero-order chi connectivity index (χ0) is 16.2. The number of hydrogen-bond donors (Lipinski definition) is 1. The van der Waals surface area contributed by atoms with Crippen LogP contribution in [-0.4, -0.2) is 29.8 Å². The van der Waals surface area contributed by atoms with Gasteiger partial charge in [-0.3, -0.25) is 4.99 Å². The molecule has 2 aromatic carbocycles. The van der Waals surface area contributed by atoms with Gasteiger partial charge in [-0.05, 0) is 29.2 Å². The van der Waals surface area contributed by atoms with Crippen molar-refractivity contribution in [2.24, 2.45) is 4.99 Å². The van der Waals surface area contributed by atoms with Crippen LogP contribution in [0.3, 0.4) is 0 Å². The third-order valence-corrected chi connectivity index (χ3v) is 3.44. The first-order chi connectivity index (χ1) is 11.1. The number of carbonyl (C=O) groups is 1.